The van der Waals surface area contributed by atoms with Gasteiger partial charge in [-0.3, -0.25) is 0 Å². The molecule has 1 amide bonds. The van der Waals surface area contributed by atoms with Crippen molar-refractivity contribution in [2.45, 2.75) is 45.4 Å². The van der Waals surface area contributed by atoms with Gasteiger partial charge in [-0.2, -0.15) is 0 Å². The van der Waals surface area contributed by atoms with E-state index in [1.807, 2.05) is 37.3 Å². The Labute approximate surface area is 120 Å². The summed E-state index contributed by atoms with van der Waals surface area (Å²) in [6, 6.07) is 8.78. The molecule has 1 aromatic rings. The summed E-state index contributed by atoms with van der Waals surface area (Å²) < 4.78 is 5.23. The summed E-state index contributed by atoms with van der Waals surface area (Å²) in [6.07, 6.45) is 2.02. The van der Waals surface area contributed by atoms with E-state index in [9.17, 15) is 9.90 Å². The van der Waals surface area contributed by atoms with Crippen molar-refractivity contribution in [2.24, 2.45) is 0 Å². The fourth-order valence-electron chi connectivity index (χ4n) is 1.77. The van der Waals surface area contributed by atoms with E-state index < -0.39 is 23.8 Å². The van der Waals surface area contributed by atoms with Gasteiger partial charge in [0.05, 0.1) is 12.1 Å². The van der Waals surface area contributed by atoms with Crippen LogP contribution in [0, 0.1) is 0 Å². The second kappa shape index (κ2) is 7.10. The molecule has 0 fully saturated rings. The number of hydrogen-bond donors (Lipinski definition) is 2. The van der Waals surface area contributed by atoms with Crippen molar-refractivity contribution in [3.05, 3.63) is 48.0 Å². The zero-order valence-corrected chi connectivity index (χ0v) is 12.5. The van der Waals surface area contributed by atoms with E-state index in [4.69, 9.17) is 4.74 Å². The highest BCUT2D eigenvalue weighted by molar-refractivity contribution is 5.68. The normalized spacial score (nSPS) is 14.8. The predicted octanol–water partition coefficient (Wildman–Crippen LogP) is 3.19. The van der Waals surface area contributed by atoms with Crippen LogP contribution in [-0.2, 0) is 4.74 Å². The molecule has 0 radical (unpaired) electrons. The lowest BCUT2D eigenvalue weighted by molar-refractivity contribution is 0.0453. The second-order valence-corrected chi connectivity index (χ2v) is 5.55. The number of aliphatic hydroxyl groups excluding tert-OH is 1. The largest absolute Gasteiger partial charge is 0.444 e. The summed E-state index contributed by atoms with van der Waals surface area (Å²) in [5.41, 5.74) is 0.251. The van der Waals surface area contributed by atoms with Gasteiger partial charge in [-0.15, -0.1) is 0 Å². The number of rotatable bonds is 4. The number of ether oxygens (including phenoxy) is 1. The number of allylic oxidation sites excluding steroid dienone is 1. The van der Waals surface area contributed by atoms with Crippen LogP contribution < -0.4 is 5.32 Å². The van der Waals surface area contributed by atoms with Crippen molar-refractivity contribution in [1.29, 1.82) is 0 Å². The van der Waals surface area contributed by atoms with Crippen molar-refractivity contribution in [2.75, 3.05) is 0 Å². The smallest absolute Gasteiger partial charge is 0.408 e. The number of alkyl carbamates (subject to hydrolysis) is 1. The molecule has 110 valence electrons. The molecule has 20 heavy (non-hydrogen) atoms. The predicted molar refractivity (Wildman–Crippen MR) is 79.4 cm³/mol. The average Bonchev–Trinajstić information content (AvgIpc) is 2.35. The minimum Gasteiger partial charge on any atom is -0.444 e. The summed E-state index contributed by atoms with van der Waals surface area (Å²) in [7, 11) is 0. The van der Waals surface area contributed by atoms with Crippen molar-refractivity contribution < 1.29 is 14.6 Å². The molecule has 0 aliphatic carbocycles. The van der Waals surface area contributed by atoms with Crippen molar-refractivity contribution in [1.82, 2.24) is 5.32 Å². The monoisotopic (exact) mass is 277 g/mol. The first-order valence-electron chi connectivity index (χ1n) is 6.69. The van der Waals surface area contributed by atoms with Crippen LogP contribution in [0.2, 0.25) is 0 Å². The third kappa shape index (κ3) is 5.45. The lowest BCUT2D eigenvalue weighted by Crippen LogP contribution is -2.39. The van der Waals surface area contributed by atoms with E-state index in [0.717, 1.165) is 5.56 Å². The molecule has 0 saturated heterocycles. The van der Waals surface area contributed by atoms with E-state index in [1.54, 1.807) is 32.9 Å². The highest BCUT2D eigenvalue weighted by Crippen LogP contribution is 2.19. The van der Waals surface area contributed by atoms with Crippen LogP contribution in [0.25, 0.3) is 0 Å². The van der Waals surface area contributed by atoms with Crippen molar-refractivity contribution in [3.63, 3.8) is 0 Å². The third-order valence-electron chi connectivity index (χ3n) is 2.56. The Kier molecular flexibility index (Phi) is 5.77. The molecule has 4 heteroatoms. The maximum absolute atomic E-state index is 11.9. The maximum Gasteiger partial charge on any atom is 0.408 e. The van der Waals surface area contributed by atoms with E-state index >= 15 is 0 Å². The van der Waals surface area contributed by atoms with Crippen molar-refractivity contribution >= 4 is 6.09 Å². The zero-order chi connectivity index (χ0) is 15.2. The molecule has 0 unspecified atom stereocenters. The van der Waals surface area contributed by atoms with E-state index in [-0.39, 0.29) is 0 Å². The SMILES string of the molecule is C/C=C/[C@@H](O)[C@@H](NC(=O)OC(C)(C)C)c1ccccc1. The van der Waals surface area contributed by atoms with Gasteiger partial charge >= 0.3 is 6.09 Å². The van der Waals surface area contributed by atoms with Crippen LogP contribution >= 0.6 is 0 Å². The van der Waals surface area contributed by atoms with Gasteiger partial charge in [0.15, 0.2) is 0 Å². The average molecular weight is 277 g/mol. The summed E-state index contributed by atoms with van der Waals surface area (Å²) in [6.45, 7) is 7.21. The summed E-state index contributed by atoms with van der Waals surface area (Å²) in [5, 5.41) is 12.9. The number of hydrogen-bond acceptors (Lipinski definition) is 3. The lowest BCUT2D eigenvalue weighted by Gasteiger charge is -2.25. The van der Waals surface area contributed by atoms with Crippen LogP contribution in [0.1, 0.15) is 39.3 Å². The van der Waals surface area contributed by atoms with Gasteiger partial charge in [-0.1, -0.05) is 42.5 Å². The molecule has 0 aliphatic heterocycles. The Bertz CT molecular complexity index is 449. The van der Waals surface area contributed by atoms with Gasteiger partial charge in [0, 0.05) is 0 Å². The van der Waals surface area contributed by atoms with Gasteiger partial charge in [0.25, 0.3) is 0 Å². The van der Waals surface area contributed by atoms with Crippen LogP contribution in [-0.4, -0.2) is 22.9 Å². The first kappa shape index (κ1) is 16.2. The van der Waals surface area contributed by atoms with E-state index in [0.29, 0.717) is 0 Å². The number of carbonyl (C=O) groups is 1. The number of aliphatic hydroxyl groups is 1. The molecule has 0 aromatic heterocycles. The van der Waals surface area contributed by atoms with Crippen LogP contribution in [0.15, 0.2) is 42.5 Å². The summed E-state index contributed by atoms with van der Waals surface area (Å²) in [4.78, 5) is 11.9. The molecule has 0 aliphatic rings. The molecule has 4 nitrogen and oxygen atoms in total. The highest BCUT2D eigenvalue weighted by Gasteiger charge is 2.24. The number of amides is 1. The topological polar surface area (TPSA) is 58.6 Å². The number of carbonyl (C=O) groups excluding carboxylic acids is 1. The summed E-state index contributed by atoms with van der Waals surface area (Å²) >= 11 is 0. The van der Waals surface area contributed by atoms with Crippen LogP contribution in [0.5, 0.6) is 0 Å². The minimum atomic E-state index is -0.810. The molecular formula is C16H23NO3. The standard InChI is InChI=1S/C16H23NO3/c1-5-9-13(18)14(12-10-7-6-8-11-12)17-15(19)20-16(2,3)4/h5-11,13-14,18H,1-4H3,(H,17,19)/b9-5+/t13-,14+/m1/s1. The molecule has 0 spiro atoms. The van der Waals surface area contributed by atoms with Crippen LogP contribution in [0.4, 0.5) is 4.79 Å². The highest BCUT2D eigenvalue weighted by atomic mass is 16.6. The Balaban J connectivity index is 2.87. The fourth-order valence-corrected chi connectivity index (χ4v) is 1.77. The molecule has 0 saturated carbocycles. The van der Waals surface area contributed by atoms with Gasteiger partial charge in [-0.25, -0.2) is 4.79 Å². The third-order valence-corrected chi connectivity index (χ3v) is 2.56. The second-order valence-electron chi connectivity index (χ2n) is 5.55. The van der Waals surface area contributed by atoms with Gasteiger partial charge < -0.3 is 15.2 Å². The quantitative estimate of drug-likeness (QED) is 0.831. The Morgan fingerprint density at radius 2 is 1.90 bits per heavy atom. The number of benzene rings is 1. The zero-order valence-electron chi connectivity index (χ0n) is 12.5. The summed E-state index contributed by atoms with van der Waals surface area (Å²) in [5.74, 6) is 0. The minimum absolute atomic E-state index is 0.540. The molecular weight excluding hydrogens is 254 g/mol. The van der Waals surface area contributed by atoms with E-state index in [1.165, 1.54) is 0 Å². The molecule has 2 atom stereocenters. The van der Waals surface area contributed by atoms with Gasteiger partial charge in [0.2, 0.25) is 0 Å². The number of nitrogens with one attached hydrogen (secondary N) is 1. The van der Waals surface area contributed by atoms with Gasteiger partial charge in [-0.05, 0) is 33.3 Å². The maximum atomic E-state index is 11.9. The van der Waals surface area contributed by atoms with Crippen LogP contribution in [0.3, 0.4) is 0 Å². The Morgan fingerprint density at radius 3 is 2.40 bits per heavy atom. The Morgan fingerprint density at radius 1 is 1.30 bits per heavy atom. The fraction of sp³-hybridized carbons (Fsp3) is 0.438. The van der Waals surface area contributed by atoms with Gasteiger partial charge in [0.1, 0.15) is 5.60 Å². The molecule has 1 rings (SSSR count). The van der Waals surface area contributed by atoms with E-state index in [2.05, 4.69) is 5.32 Å². The molecule has 1 aromatic carbocycles. The first-order valence-corrected chi connectivity index (χ1v) is 6.69. The van der Waals surface area contributed by atoms with Crippen molar-refractivity contribution in [3.8, 4) is 0 Å². The lowest BCUT2D eigenvalue weighted by atomic mass is 10.0. The Hall–Kier alpha value is -1.81. The first-order chi connectivity index (χ1) is 9.33. The molecule has 2 N–H and O–H groups in total. The molecule has 0 heterocycles. The molecule has 0 bridgehead atoms.